The molecule has 1 nitrogen and oxygen atoms in total. The molecule has 18 heavy (non-hydrogen) atoms. The van der Waals surface area contributed by atoms with E-state index in [1.54, 1.807) is 30.4 Å². The Morgan fingerprint density at radius 3 is 2.44 bits per heavy atom. The molecule has 0 amide bonds. The minimum Gasteiger partial charge on any atom is -0.845 e. The third kappa shape index (κ3) is 4.72. The molecule has 1 atom stereocenters. The van der Waals surface area contributed by atoms with Crippen LogP contribution in [0.1, 0.15) is 18.9 Å². The molecule has 4 heteroatoms. The van der Waals surface area contributed by atoms with Gasteiger partial charge in [-0.15, -0.1) is 23.5 Å². The van der Waals surface area contributed by atoms with Crippen molar-refractivity contribution in [1.82, 2.24) is 0 Å². The average molecular weight is 272 g/mol. The molecule has 0 N–H and O–H groups in total. The van der Waals surface area contributed by atoms with Crippen LogP contribution < -0.4 is 24.0 Å². The average Bonchev–Trinajstić information content (AvgIpc) is 2.39. The largest absolute Gasteiger partial charge is 1.00 e. The number of benzene rings is 1. The normalized spacial score (nSPS) is 20.3. The molecule has 0 saturated carbocycles. The summed E-state index contributed by atoms with van der Waals surface area (Å²) < 4.78 is 0.149. The van der Waals surface area contributed by atoms with Crippen molar-refractivity contribution in [1.29, 1.82) is 0 Å². The van der Waals surface area contributed by atoms with Gasteiger partial charge in [0.25, 0.3) is 0 Å². The van der Waals surface area contributed by atoms with E-state index in [4.69, 9.17) is 0 Å². The summed E-state index contributed by atoms with van der Waals surface area (Å²) in [5, 5.41) is 12.5. The van der Waals surface area contributed by atoms with E-state index in [0.717, 1.165) is 17.1 Å². The molecule has 92 valence electrons. The van der Waals surface area contributed by atoms with Gasteiger partial charge >= 0.3 is 18.9 Å². The van der Waals surface area contributed by atoms with Crippen LogP contribution >= 0.6 is 23.5 Å². The van der Waals surface area contributed by atoms with Gasteiger partial charge in [0.15, 0.2) is 0 Å². The van der Waals surface area contributed by atoms with Crippen LogP contribution in [-0.4, -0.2) is 21.7 Å². The number of hydrogen-bond donors (Lipinski definition) is 0. The van der Waals surface area contributed by atoms with Crippen LogP contribution in [0.5, 0.6) is 0 Å². The first-order valence-corrected chi connectivity index (χ1v) is 7.96. The first-order valence-electron chi connectivity index (χ1n) is 5.86. The second-order valence-corrected chi connectivity index (χ2v) is 7.08. The molecular formula is C14H17LiOS2. The third-order valence-electron chi connectivity index (χ3n) is 2.70. The quantitative estimate of drug-likeness (QED) is 0.725. The Hall–Kier alpha value is 0.217. The van der Waals surface area contributed by atoms with Gasteiger partial charge in [-0.1, -0.05) is 55.0 Å². The van der Waals surface area contributed by atoms with Crippen molar-refractivity contribution in [2.75, 3.05) is 11.5 Å². The third-order valence-corrected chi connectivity index (χ3v) is 6.11. The van der Waals surface area contributed by atoms with Crippen molar-refractivity contribution >= 4 is 29.6 Å². The zero-order chi connectivity index (χ0) is 12.1. The Morgan fingerprint density at radius 1 is 1.22 bits per heavy atom. The van der Waals surface area contributed by atoms with Crippen LogP contribution in [0.3, 0.4) is 0 Å². The van der Waals surface area contributed by atoms with E-state index in [1.165, 1.54) is 6.42 Å². The fourth-order valence-corrected chi connectivity index (χ4v) is 4.74. The second-order valence-electron chi connectivity index (χ2n) is 4.35. The summed E-state index contributed by atoms with van der Waals surface area (Å²) in [4.78, 5) is 0. The fraction of sp³-hybridized carbons (Fsp3) is 0.429. The molecule has 1 aliphatic heterocycles. The second kappa shape index (κ2) is 7.72. The van der Waals surface area contributed by atoms with Gasteiger partial charge in [0.1, 0.15) is 0 Å². The minimum absolute atomic E-state index is 0. The predicted octanol–water partition coefficient (Wildman–Crippen LogP) is 0.0190. The number of hydrogen-bond acceptors (Lipinski definition) is 3. The van der Waals surface area contributed by atoms with Gasteiger partial charge in [-0.2, -0.15) is 0 Å². The smallest absolute Gasteiger partial charge is 0.845 e. The van der Waals surface area contributed by atoms with Gasteiger partial charge in [-0.25, -0.2) is 0 Å². The monoisotopic (exact) mass is 272 g/mol. The maximum atomic E-state index is 12.5. The van der Waals surface area contributed by atoms with Gasteiger partial charge in [-0.3, -0.25) is 0 Å². The fourth-order valence-electron chi connectivity index (χ4n) is 1.72. The minimum atomic E-state index is -0.981. The summed E-state index contributed by atoms with van der Waals surface area (Å²) in [6.07, 6.45) is 4.99. The van der Waals surface area contributed by atoms with Crippen molar-refractivity contribution < 1.29 is 24.0 Å². The predicted molar refractivity (Wildman–Crippen MR) is 77.2 cm³/mol. The van der Waals surface area contributed by atoms with Crippen LogP contribution in [0.25, 0.3) is 6.08 Å². The number of rotatable bonds is 3. The number of thioether (sulfide) groups is 2. The zero-order valence-corrected chi connectivity index (χ0v) is 12.6. The van der Waals surface area contributed by atoms with Crippen LogP contribution in [-0.2, 0) is 0 Å². The van der Waals surface area contributed by atoms with Crippen molar-refractivity contribution in [3.8, 4) is 0 Å². The molecule has 1 unspecified atom stereocenters. The van der Waals surface area contributed by atoms with Crippen molar-refractivity contribution in [3.05, 3.63) is 42.0 Å². The van der Waals surface area contributed by atoms with E-state index in [2.05, 4.69) is 0 Å². The summed E-state index contributed by atoms with van der Waals surface area (Å²) in [5.41, 5.74) is 0.117. The first kappa shape index (κ1) is 16.3. The molecule has 0 radical (unpaired) electrons. The van der Waals surface area contributed by atoms with Gasteiger partial charge in [0.05, 0.1) is 0 Å². The van der Waals surface area contributed by atoms with Crippen molar-refractivity contribution in [3.63, 3.8) is 0 Å². The van der Waals surface area contributed by atoms with Gasteiger partial charge < -0.3 is 5.11 Å². The van der Waals surface area contributed by atoms with Crippen LogP contribution in [0.4, 0.5) is 0 Å². The van der Waals surface area contributed by atoms with Gasteiger partial charge in [0, 0.05) is 4.58 Å². The molecule has 1 saturated heterocycles. The maximum Gasteiger partial charge on any atom is 1.00 e. The van der Waals surface area contributed by atoms with Gasteiger partial charge in [-0.05, 0) is 23.5 Å². The standard InChI is InChI=1S/C14H17OS2.Li/c1-14(15,13-16-10-5-11-17-13)9-8-12-6-3-2-4-7-12;/h2-4,6-9,13H,5,10-11H2,1H3;/q-1;+1/b9-8+;. The molecule has 1 heterocycles. The molecule has 2 rings (SSSR count). The molecule has 1 aromatic carbocycles. The molecule has 1 aliphatic rings. The summed E-state index contributed by atoms with van der Waals surface area (Å²) in [6, 6.07) is 10.0. The Morgan fingerprint density at radius 2 is 1.83 bits per heavy atom. The van der Waals surface area contributed by atoms with E-state index in [0.29, 0.717) is 0 Å². The van der Waals surface area contributed by atoms with Crippen LogP contribution in [0.15, 0.2) is 36.4 Å². The Labute approximate surface area is 130 Å². The van der Waals surface area contributed by atoms with E-state index in [9.17, 15) is 5.11 Å². The van der Waals surface area contributed by atoms with E-state index >= 15 is 0 Å². The molecule has 0 bridgehead atoms. The summed E-state index contributed by atoms with van der Waals surface area (Å²) in [7, 11) is 0. The van der Waals surface area contributed by atoms with E-state index < -0.39 is 5.60 Å². The molecular weight excluding hydrogens is 255 g/mol. The summed E-state index contributed by atoms with van der Waals surface area (Å²) in [6.45, 7) is 1.79. The van der Waals surface area contributed by atoms with E-state index in [-0.39, 0.29) is 23.4 Å². The molecule has 0 aromatic heterocycles. The topological polar surface area (TPSA) is 23.1 Å². The summed E-state index contributed by atoms with van der Waals surface area (Å²) >= 11 is 3.61. The molecule has 1 fully saturated rings. The van der Waals surface area contributed by atoms with E-state index in [1.807, 2.05) is 42.5 Å². The molecule has 0 aliphatic carbocycles. The van der Waals surface area contributed by atoms with Gasteiger partial charge in [0.2, 0.25) is 0 Å². The summed E-state index contributed by atoms with van der Waals surface area (Å²) in [5.74, 6) is 2.24. The SMILES string of the molecule is CC([O-])(/C=C/c1ccccc1)C1SCCCS1.[Li+]. The van der Waals surface area contributed by atoms with Crippen LogP contribution in [0, 0.1) is 0 Å². The van der Waals surface area contributed by atoms with Crippen molar-refractivity contribution in [2.45, 2.75) is 23.5 Å². The molecule has 0 spiro atoms. The first-order chi connectivity index (χ1) is 8.18. The Kier molecular flexibility index (Phi) is 6.98. The van der Waals surface area contributed by atoms with Crippen molar-refractivity contribution in [2.24, 2.45) is 0 Å². The zero-order valence-electron chi connectivity index (χ0n) is 11.0. The Balaban J connectivity index is 0.00000162. The van der Waals surface area contributed by atoms with Crippen LogP contribution in [0.2, 0.25) is 0 Å². The Bertz CT molecular complexity index is 373. The molecule has 1 aromatic rings. The maximum absolute atomic E-state index is 12.5.